The predicted octanol–water partition coefficient (Wildman–Crippen LogP) is -0.903. The van der Waals surface area contributed by atoms with Crippen LogP contribution in [0.3, 0.4) is 0 Å². The van der Waals surface area contributed by atoms with Gasteiger partial charge in [-0.25, -0.2) is 0 Å². The molecule has 0 aliphatic rings. The number of ether oxygens (including phenoxy) is 1. The van der Waals surface area contributed by atoms with Gasteiger partial charge in [-0.15, -0.1) is 0 Å². The summed E-state index contributed by atoms with van der Waals surface area (Å²) in [5.74, 6) is 0. The Labute approximate surface area is 73.9 Å². The Bertz CT molecular complexity index is 30.9. The summed E-state index contributed by atoms with van der Waals surface area (Å²) in [6, 6.07) is 0. The van der Waals surface area contributed by atoms with E-state index in [-0.39, 0.29) is 43.8 Å². The Hall–Kier alpha value is 1.18. The molecule has 0 aromatic carbocycles. The minimum absolute atomic E-state index is 0. The van der Waals surface area contributed by atoms with Crippen LogP contribution in [0.15, 0.2) is 0 Å². The van der Waals surface area contributed by atoms with Crippen molar-refractivity contribution in [2.45, 2.75) is 13.0 Å². The molecule has 0 heterocycles. The van der Waals surface area contributed by atoms with Crippen LogP contribution in [-0.4, -0.2) is 62.7 Å². The van der Waals surface area contributed by atoms with Gasteiger partial charge in [0.2, 0.25) is 0 Å². The van der Waals surface area contributed by atoms with E-state index >= 15 is 0 Å². The molecule has 0 aromatic heterocycles. The molecule has 0 aliphatic carbocycles. The molecule has 1 N–H and O–H groups in total. The SMILES string of the molecule is COCC(C)O.[CaH2]. The van der Waals surface area contributed by atoms with Gasteiger partial charge in [-0.3, -0.25) is 0 Å². The summed E-state index contributed by atoms with van der Waals surface area (Å²) in [6.45, 7) is 2.11. The Morgan fingerprint density at radius 1 is 1.71 bits per heavy atom. The molecule has 0 radical (unpaired) electrons. The third-order valence-corrected chi connectivity index (χ3v) is 0.408. The molecule has 1 atom stereocenters. The second kappa shape index (κ2) is 7.18. The van der Waals surface area contributed by atoms with E-state index in [0.717, 1.165) is 0 Å². The van der Waals surface area contributed by atoms with E-state index in [4.69, 9.17) is 5.11 Å². The molecule has 42 valence electrons. The van der Waals surface area contributed by atoms with E-state index in [2.05, 4.69) is 4.74 Å². The fourth-order valence-corrected chi connectivity index (χ4v) is 0.241. The zero-order chi connectivity index (χ0) is 4.99. The second-order valence-electron chi connectivity index (χ2n) is 1.30. The van der Waals surface area contributed by atoms with Crippen molar-refractivity contribution >= 4 is 37.7 Å². The zero-order valence-corrected chi connectivity index (χ0v) is 4.14. The van der Waals surface area contributed by atoms with Crippen molar-refractivity contribution in [1.29, 1.82) is 0 Å². The molecule has 0 bridgehead atoms. The van der Waals surface area contributed by atoms with Crippen molar-refractivity contribution in [2.75, 3.05) is 13.7 Å². The molecule has 7 heavy (non-hydrogen) atoms. The van der Waals surface area contributed by atoms with Crippen LogP contribution < -0.4 is 0 Å². The van der Waals surface area contributed by atoms with Gasteiger partial charge in [-0.1, -0.05) is 0 Å². The monoisotopic (exact) mass is 132 g/mol. The van der Waals surface area contributed by atoms with Gasteiger partial charge in [0.15, 0.2) is 0 Å². The van der Waals surface area contributed by atoms with E-state index in [9.17, 15) is 0 Å². The van der Waals surface area contributed by atoms with Crippen molar-refractivity contribution in [2.24, 2.45) is 0 Å². The molecule has 1 unspecified atom stereocenters. The van der Waals surface area contributed by atoms with Crippen molar-refractivity contribution < 1.29 is 9.84 Å². The Morgan fingerprint density at radius 3 is 2.14 bits per heavy atom. The van der Waals surface area contributed by atoms with Crippen LogP contribution in [0.2, 0.25) is 0 Å². The molecule has 0 saturated heterocycles. The average Bonchev–Trinajstić information content (AvgIpc) is 1.35. The van der Waals surface area contributed by atoms with Crippen LogP contribution in [0.1, 0.15) is 6.92 Å². The van der Waals surface area contributed by atoms with Crippen LogP contribution in [-0.2, 0) is 4.74 Å². The predicted molar refractivity (Wildman–Crippen MR) is 32.1 cm³/mol. The normalized spacial score (nSPS) is 12.4. The number of hydrogen-bond donors (Lipinski definition) is 1. The minimum atomic E-state index is -0.324. The molecule has 0 fully saturated rings. The van der Waals surface area contributed by atoms with Gasteiger partial charge in [-0.2, -0.15) is 0 Å². The van der Waals surface area contributed by atoms with Gasteiger partial charge in [-0.05, 0) is 6.92 Å². The standard InChI is InChI=1S/C4H10O2.Ca.2H/c1-4(5)3-6-2;;;/h4-5H,3H2,1-2H3;;;. The Morgan fingerprint density at radius 2 is 2.14 bits per heavy atom. The number of methoxy groups -OCH3 is 1. The van der Waals surface area contributed by atoms with Crippen molar-refractivity contribution in [3.05, 3.63) is 0 Å². The first kappa shape index (κ1) is 11.0. The Balaban J connectivity index is 0. The van der Waals surface area contributed by atoms with Crippen LogP contribution in [0, 0.1) is 0 Å². The van der Waals surface area contributed by atoms with Crippen LogP contribution >= 0.6 is 0 Å². The Kier molecular flexibility index (Phi) is 11.3. The van der Waals surface area contributed by atoms with E-state index in [1.54, 1.807) is 14.0 Å². The molecule has 0 rings (SSSR count). The van der Waals surface area contributed by atoms with E-state index in [0.29, 0.717) is 6.61 Å². The molecule has 0 amide bonds. The molecule has 2 nitrogen and oxygen atoms in total. The second-order valence-corrected chi connectivity index (χ2v) is 1.30. The summed E-state index contributed by atoms with van der Waals surface area (Å²) >= 11 is 0. The average molecular weight is 132 g/mol. The van der Waals surface area contributed by atoms with Gasteiger partial charge in [0.05, 0.1) is 12.7 Å². The first-order chi connectivity index (χ1) is 2.77. The summed E-state index contributed by atoms with van der Waals surface area (Å²) in [5.41, 5.74) is 0. The maximum absolute atomic E-state index is 8.43. The fourth-order valence-electron chi connectivity index (χ4n) is 0.241. The summed E-state index contributed by atoms with van der Waals surface area (Å²) < 4.78 is 4.55. The molecule has 0 aliphatic heterocycles. The van der Waals surface area contributed by atoms with E-state index in [1.165, 1.54) is 0 Å². The summed E-state index contributed by atoms with van der Waals surface area (Å²) in [5, 5.41) is 8.43. The van der Waals surface area contributed by atoms with E-state index in [1.807, 2.05) is 0 Å². The molecule has 0 saturated carbocycles. The topological polar surface area (TPSA) is 29.5 Å². The molecule has 0 spiro atoms. The first-order valence-electron chi connectivity index (χ1n) is 1.94. The number of aliphatic hydroxyl groups is 1. The van der Waals surface area contributed by atoms with Gasteiger partial charge in [0, 0.05) is 7.11 Å². The van der Waals surface area contributed by atoms with Crippen molar-refractivity contribution in [3.8, 4) is 0 Å². The van der Waals surface area contributed by atoms with Gasteiger partial charge >= 0.3 is 37.7 Å². The maximum atomic E-state index is 8.43. The zero-order valence-electron chi connectivity index (χ0n) is 4.14. The van der Waals surface area contributed by atoms with Crippen molar-refractivity contribution in [1.82, 2.24) is 0 Å². The van der Waals surface area contributed by atoms with Crippen molar-refractivity contribution in [3.63, 3.8) is 0 Å². The molecular weight excluding hydrogens is 120 g/mol. The van der Waals surface area contributed by atoms with Gasteiger partial charge in [0.1, 0.15) is 0 Å². The van der Waals surface area contributed by atoms with Gasteiger partial charge in [0.25, 0.3) is 0 Å². The van der Waals surface area contributed by atoms with Crippen LogP contribution in [0.25, 0.3) is 0 Å². The number of rotatable bonds is 2. The first-order valence-corrected chi connectivity index (χ1v) is 1.94. The summed E-state index contributed by atoms with van der Waals surface area (Å²) in [4.78, 5) is 0. The quantitative estimate of drug-likeness (QED) is 0.493. The summed E-state index contributed by atoms with van der Waals surface area (Å²) in [6.07, 6.45) is -0.324. The molecule has 0 aromatic rings. The third-order valence-electron chi connectivity index (χ3n) is 0.408. The number of aliphatic hydroxyl groups excluding tert-OH is 1. The fraction of sp³-hybridized carbons (Fsp3) is 1.00. The third kappa shape index (κ3) is 11.0. The molecular formula is C4H12CaO2. The summed E-state index contributed by atoms with van der Waals surface area (Å²) in [7, 11) is 1.56. The van der Waals surface area contributed by atoms with Gasteiger partial charge < -0.3 is 9.84 Å². The molecule has 3 heteroatoms. The number of hydrogen-bond acceptors (Lipinski definition) is 2. The van der Waals surface area contributed by atoms with Crippen LogP contribution in [0.5, 0.6) is 0 Å². The van der Waals surface area contributed by atoms with Crippen LogP contribution in [0.4, 0.5) is 0 Å². The van der Waals surface area contributed by atoms with E-state index < -0.39 is 0 Å².